The fourth-order valence-electron chi connectivity index (χ4n) is 6.75. The van der Waals surface area contributed by atoms with E-state index in [0.29, 0.717) is 82.7 Å². The molecule has 1 aliphatic rings. The third kappa shape index (κ3) is 11.1. The number of likely N-dealkylation sites (N-methyl/N-ethyl adjacent to an activating group) is 1. The van der Waals surface area contributed by atoms with Crippen molar-refractivity contribution in [2.75, 3.05) is 38.2 Å². The van der Waals surface area contributed by atoms with Crippen molar-refractivity contribution >= 4 is 68.8 Å². The number of carbonyl (C=O) groups is 5. The summed E-state index contributed by atoms with van der Waals surface area (Å²) in [7, 11) is 1.76. The second-order valence-electron chi connectivity index (χ2n) is 14.3. The van der Waals surface area contributed by atoms with Gasteiger partial charge in [0.2, 0.25) is 17.7 Å². The first-order valence-electron chi connectivity index (χ1n) is 18.4. The zero-order valence-corrected chi connectivity index (χ0v) is 32.1. The number of anilines is 1. The maximum absolute atomic E-state index is 13.2. The Morgan fingerprint density at radius 2 is 1.87 bits per heavy atom. The predicted octanol–water partition coefficient (Wildman–Crippen LogP) is 4.57. The average Bonchev–Trinajstić information content (AvgIpc) is 3.59. The molecule has 3 aromatic rings. The summed E-state index contributed by atoms with van der Waals surface area (Å²) in [6.07, 6.45) is 5.18. The van der Waals surface area contributed by atoms with Crippen LogP contribution in [-0.2, 0) is 41.9 Å². The summed E-state index contributed by atoms with van der Waals surface area (Å²) in [5.74, 6) is 0.838. The second kappa shape index (κ2) is 19.3. The fraction of sp³-hybridized carbons (Fsp3) is 0.605. The van der Waals surface area contributed by atoms with Crippen molar-refractivity contribution in [3.8, 4) is 0 Å². The molecule has 0 spiro atoms. The van der Waals surface area contributed by atoms with Crippen LogP contribution in [0.3, 0.4) is 0 Å². The Bertz CT molecular complexity index is 1740. The number of ketones is 2. The van der Waals surface area contributed by atoms with Crippen molar-refractivity contribution < 1.29 is 28.7 Å². The Kier molecular flexibility index (Phi) is 15.2. The summed E-state index contributed by atoms with van der Waals surface area (Å²) in [6, 6.07) is 7.66. The van der Waals surface area contributed by atoms with Crippen LogP contribution in [-0.4, -0.2) is 92.5 Å². The summed E-state index contributed by atoms with van der Waals surface area (Å²) in [5.41, 5.74) is 8.27. The van der Waals surface area contributed by atoms with Crippen molar-refractivity contribution in [1.82, 2.24) is 30.1 Å². The summed E-state index contributed by atoms with van der Waals surface area (Å²) >= 11 is 1.20. The first-order chi connectivity index (χ1) is 24.8. The fourth-order valence-corrected chi connectivity index (χ4v) is 7.74. The number of aromatic nitrogens is 3. The molecule has 3 heterocycles. The summed E-state index contributed by atoms with van der Waals surface area (Å²) < 4.78 is 7.87. The zero-order valence-electron chi connectivity index (χ0n) is 31.3. The Morgan fingerprint density at radius 3 is 2.60 bits per heavy atom. The van der Waals surface area contributed by atoms with E-state index < -0.39 is 5.25 Å². The molecule has 1 fully saturated rings. The van der Waals surface area contributed by atoms with Gasteiger partial charge in [0.05, 0.1) is 28.1 Å². The number of nitrogens with one attached hydrogen (secondary N) is 2. The van der Waals surface area contributed by atoms with Gasteiger partial charge in [0.25, 0.3) is 0 Å². The molecule has 1 aliphatic heterocycles. The Labute approximate surface area is 310 Å². The number of para-hydroxylation sites is 1. The largest absolute Gasteiger partial charge is 0.382 e. The normalized spacial score (nSPS) is 15.6. The molecule has 1 aromatic carbocycles. The lowest BCUT2D eigenvalue weighted by molar-refractivity contribution is -0.138. The van der Waals surface area contributed by atoms with Crippen LogP contribution in [0.5, 0.6) is 0 Å². The number of nitrogens with zero attached hydrogens (tertiary/aromatic N) is 4. The number of nitrogen functional groups attached to an aromatic ring is 1. The maximum Gasteiger partial charge on any atom is 0.242 e. The number of amides is 3. The van der Waals surface area contributed by atoms with Crippen LogP contribution in [0.15, 0.2) is 24.3 Å². The van der Waals surface area contributed by atoms with Crippen LogP contribution in [0.2, 0.25) is 0 Å². The summed E-state index contributed by atoms with van der Waals surface area (Å²) in [5, 5.41) is 6.23. The number of hydrogen-bond acceptors (Lipinski definition) is 11. The minimum Gasteiger partial charge on any atom is -0.382 e. The number of imide groups is 1. The second-order valence-corrected chi connectivity index (χ2v) is 15.5. The number of carbonyl (C=O) groups excluding carboxylic acids is 5. The van der Waals surface area contributed by atoms with Crippen LogP contribution >= 0.6 is 11.8 Å². The Morgan fingerprint density at radius 1 is 1.10 bits per heavy atom. The van der Waals surface area contributed by atoms with Gasteiger partial charge >= 0.3 is 0 Å². The molecule has 0 radical (unpaired) electrons. The van der Waals surface area contributed by atoms with Crippen LogP contribution in [0.4, 0.5) is 5.82 Å². The Hall–Kier alpha value is -3.88. The molecule has 2 aromatic heterocycles. The van der Waals surface area contributed by atoms with E-state index in [4.69, 9.17) is 15.5 Å². The van der Waals surface area contributed by atoms with Crippen molar-refractivity contribution in [3.63, 3.8) is 0 Å². The number of imidazole rings is 1. The van der Waals surface area contributed by atoms with E-state index in [1.165, 1.54) is 16.7 Å². The van der Waals surface area contributed by atoms with Gasteiger partial charge in [-0.2, -0.15) is 0 Å². The van der Waals surface area contributed by atoms with Crippen molar-refractivity contribution in [1.29, 1.82) is 0 Å². The van der Waals surface area contributed by atoms with E-state index in [0.717, 1.165) is 35.1 Å². The number of benzene rings is 1. The molecule has 284 valence electrons. The van der Waals surface area contributed by atoms with E-state index in [9.17, 15) is 24.0 Å². The highest BCUT2D eigenvalue weighted by Gasteiger charge is 2.38. The maximum atomic E-state index is 13.2. The monoisotopic (exact) mass is 737 g/mol. The van der Waals surface area contributed by atoms with Gasteiger partial charge in [0, 0.05) is 50.9 Å². The third-order valence-electron chi connectivity index (χ3n) is 9.42. The van der Waals surface area contributed by atoms with Gasteiger partial charge in [-0.05, 0) is 64.5 Å². The van der Waals surface area contributed by atoms with E-state index in [2.05, 4.69) is 34.0 Å². The van der Waals surface area contributed by atoms with Gasteiger partial charge < -0.3 is 25.7 Å². The number of rotatable bonds is 23. The van der Waals surface area contributed by atoms with Gasteiger partial charge in [0.1, 0.15) is 29.5 Å². The van der Waals surface area contributed by atoms with E-state index in [-0.39, 0.29) is 52.9 Å². The number of thioether (sulfide) groups is 1. The van der Waals surface area contributed by atoms with Gasteiger partial charge in [-0.25, -0.2) is 9.97 Å². The van der Waals surface area contributed by atoms with Crippen molar-refractivity contribution in [2.24, 2.45) is 5.41 Å². The van der Waals surface area contributed by atoms with Crippen LogP contribution < -0.4 is 16.4 Å². The number of ether oxygens (including phenoxy) is 1. The lowest BCUT2D eigenvalue weighted by atomic mass is 9.85. The topological polar surface area (TPSA) is 179 Å². The number of hydrogen-bond donors (Lipinski definition) is 3. The lowest BCUT2D eigenvalue weighted by Crippen LogP contribution is -2.33. The third-order valence-corrected chi connectivity index (χ3v) is 10.6. The van der Waals surface area contributed by atoms with E-state index in [1.807, 2.05) is 31.2 Å². The van der Waals surface area contributed by atoms with Gasteiger partial charge in [0.15, 0.2) is 5.82 Å². The first-order valence-corrected chi connectivity index (χ1v) is 19.4. The van der Waals surface area contributed by atoms with Crippen LogP contribution in [0.1, 0.15) is 91.3 Å². The minimum atomic E-state index is -0.554. The smallest absolute Gasteiger partial charge is 0.242 e. The molecule has 0 saturated carbocycles. The molecule has 4 N–H and O–H groups in total. The van der Waals surface area contributed by atoms with Crippen LogP contribution in [0.25, 0.3) is 21.9 Å². The predicted molar refractivity (Wildman–Crippen MR) is 205 cm³/mol. The summed E-state index contributed by atoms with van der Waals surface area (Å²) in [4.78, 5) is 73.2. The molecule has 52 heavy (non-hydrogen) atoms. The number of unbranched alkanes of at least 4 members (excludes halogenated alkanes) is 3. The quantitative estimate of drug-likeness (QED) is 0.0917. The molecule has 4 rings (SSSR count). The average molecular weight is 738 g/mol. The summed E-state index contributed by atoms with van der Waals surface area (Å²) in [6.45, 7) is 9.88. The standard InChI is InChI=1S/C38H55N7O6S/c1-6-51-22-31-43-34-35(27-15-9-10-17-29(27)42-36(34)39)45(31)24-38(3,4)21-26(47)14-8-7-13-19-44-33(49)20-30(37(44)50)52-23-32(48)41-18-12-11-16-28(40-5)25(2)46/h9-10,15,17,28,30,40H,6-8,11-14,16,18-24H2,1-5H3,(H2,39,42)(H,41,48). The zero-order chi connectivity index (χ0) is 37.8. The molecular formula is C38H55N7O6S. The van der Waals surface area contributed by atoms with Gasteiger partial charge in [-0.3, -0.25) is 28.9 Å². The van der Waals surface area contributed by atoms with E-state index in [1.54, 1.807) is 14.0 Å². The van der Waals surface area contributed by atoms with Crippen molar-refractivity contribution in [3.05, 3.63) is 30.1 Å². The molecule has 3 amide bonds. The molecule has 1 saturated heterocycles. The highest BCUT2D eigenvalue weighted by atomic mass is 32.2. The minimum absolute atomic E-state index is 0.0954. The number of likely N-dealkylation sites (tertiary alicyclic amines) is 1. The lowest BCUT2D eigenvalue weighted by Gasteiger charge is -2.26. The Balaban J connectivity index is 1.19. The molecule has 0 aliphatic carbocycles. The van der Waals surface area contributed by atoms with E-state index >= 15 is 0 Å². The van der Waals surface area contributed by atoms with Gasteiger partial charge in [-0.15, -0.1) is 11.8 Å². The number of nitrogens with two attached hydrogens (primary N) is 1. The molecule has 14 heteroatoms. The molecule has 0 bridgehead atoms. The van der Waals surface area contributed by atoms with Gasteiger partial charge in [-0.1, -0.05) is 38.5 Å². The van der Waals surface area contributed by atoms with Crippen molar-refractivity contribution in [2.45, 2.75) is 110 Å². The van der Waals surface area contributed by atoms with Crippen LogP contribution in [0, 0.1) is 5.41 Å². The SMILES string of the molecule is CCOCc1nc2c(N)nc3ccccc3c2n1CC(C)(C)CC(=O)CCCCCN1C(=O)CC(SCC(=O)NCCCCC(NC)C(C)=O)C1=O. The molecular weight excluding hydrogens is 683 g/mol. The molecule has 2 unspecified atom stereocenters. The highest BCUT2D eigenvalue weighted by Crippen LogP contribution is 2.33. The number of Topliss-reactive ketones (excluding diaryl/α,β-unsaturated/α-hetero) is 2. The number of fused-ring (bicyclic) bond motifs is 3. The first kappa shape index (κ1) is 40.9. The molecule has 2 atom stereocenters. The number of pyridine rings is 1. The molecule has 13 nitrogen and oxygen atoms in total. The highest BCUT2D eigenvalue weighted by molar-refractivity contribution is 8.01.